The summed E-state index contributed by atoms with van der Waals surface area (Å²) < 4.78 is 0. The molecule has 0 bridgehead atoms. The van der Waals surface area contributed by atoms with Crippen molar-refractivity contribution in [1.29, 1.82) is 0 Å². The first-order valence-electron chi connectivity index (χ1n) is 7.06. The molecule has 0 radical (unpaired) electrons. The van der Waals surface area contributed by atoms with E-state index in [0.29, 0.717) is 24.0 Å². The molecule has 110 valence electrons. The third-order valence-corrected chi connectivity index (χ3v) is 3.47. The van der Waals surface area contributed by atoms with Crippen LogP contribution in [0.1, 0.15) is 62.5 Å². The van der Waals surface area contributed by atoms with Crippen molar-refractivity contribution in [2.75, 3.05) is 0 Å². The predicted octanol–water partition coefficient (Wildman–Crippen LogP) is 3.62. The van der Waals surface area contributed by atoms with Crippen LogP contribution in [-0.2, 0) is 9.59 Å². The van der Waals surface area contributed by atoms with Gasteiger partial charge in [0.25, 0.3) is 0 Å². The Labute approximate surface area is 119 Å². The van der Waals surface area contributed by atoms with E-state index in [0.717, 1.165) is 12.8 Å². The van der Waals surface area contributed by atoms with Crippen molar-refractivity contribution in [2.45, 2.75) is 51.4 Å². The summed E-state index contributed by atoms with van der Waals surface area (Å²) in [4.78, 5) is 22.6. The Bertz CT molecular complexity index is 428. The van der Waals surface area contributed by atoms with E-state index in [-0.39, 0.29) is 0 Å². The zero-order valence-corrected chi connectivity index (χ0v) is 12.0. The molecule has 0 aliphatic carbocycles. The lowest BCUT2D eigenvalue weighted by atomic mass is 9.88. The maximum absolute atomic E-state index is 11.3. The van der Waals surface area contributed by atoms with E-state index in [2.05, 4.69) is 0 Å². The number of hydrogen-bond donors (Lipinski definition) is 2. The molecule has 0 spiro atoms. The van der Waals surface area contributed by atoms with Gasteiger partial charge in [-0.2, -0.15) is 0 Å². The average molecular weight is 278 g/mol. The van der Waals surface area contributed by atoms with Crippen molar-refractivity contribution >= 4 is 11.9 Å². The second kappa shape index (κ2) is 7.68. The summed E-state index contributed by atoms with van der Waals surface area (Å²) in [5, 5.41) is 18.6. The van der Waals surface area contributed by atoms with Crippen molar-refractivity contribution in [3.8, 4) is 0 Å². The number of hydrogen-bond acceptors (Lipinski definition) is 2. The van der Waals surface area contributed by atoms with Crippen LogP contribution in [0, 0.1) is 0 Å². The summed E-state index contributed by atoms with van der Waals surface area (Å²) in [5.74, 6) is -2.83. The largest absolute Gasteiger partial charge is 0.481 e. The van der Waals surface area contributed by atoms with Gasteiger partial charge in [-0.3, -0.25) is 9.59 Å². The number of benzene rings is 1. The van der Waals surface area contributed by atoms with Crippen LogP contribution in [0.2, 0.25) is 0 Å². The Morgan fingerprint density at radius 1 is 0.950 bits per heavy atom. The molecule has 2 unspecified atom stereocenters. The van der Waals surface area contributed by atoms with Crippen LogP contribution in [0.3, 0.4) is 0 Å². The second-order valence-corrected chi connectivity index (χ2v) is 5.03. The van der Waals surface area contributed by atoms with Crippen molar-refractivity contribution in [2.24, 2.45) is 0 Å². The lowest BCUT2D eigenvalue weighted by molar-refractivity contribution is -0.139. The molecule has 0 amide bonds. The van der Waals surface area contributed by atoms with E-state index in [9.17, 15) is 19.8 Å². The molecule has 1 aromatic carbocycles. The van der Waals surface area contributed by atoms with Gasteiger partial charge in [0.1, 0.15) is 0 Å². The first-order valence-corrected chi connectivity index (χ1v) is 7.06. The molecule has 0 aliphatic heterocycles. The topological polar surface area (TPSA) is 74.6 Å². The molecular weight excluding hydrogens is 256 g/mol. The van der Waals surface area contributed by atoms with Gasteiger partial charge in [-0.15, -0.1) is 0 Å². The highest BCUT2D eigenvalue weighted by molar-refractivity contribution is 5.78. The van der Waals surface area contributed by atoms with Crippen molar-refractivity contribution in [3.63, 3.8) is 0 Å². The summed E-state index contributed by atoms with van der Waals surface area (Å²) in [6.07, 6.45) is 2.67. The van der Waals surface area contributed by atoms with E-state index < -0.39 is 23.8 Å². The highest BCUT2D eigenvalue weighted by Gasteiger charge is 2.23. The molecule has 0 heterocycles. The van der Waals surface area contributed by atoms with E-state index in [4.69, 9.17) is 0 Å². The molecule has 0 saturated carbocycles. The number of carboxylic acid groups (broad SMARTS) is 2. The monoisotopic (exact) mass is 278 g/mol. The van der Waals surface area contributed by atoms with Crippen LogP contribution in [0.5, 0.6) is 0 Å². The molecule has 1 rings (SSSR count). The summed E-state index contributed by atoms with van der Waals surface area (Å²) in [5.41, 5.74) is 1.39. The highest BCUT2D eigenvalue weighted by atomic mass is 16.4. The zero-order valence-electron chi connectivity index (χ0n) is 12.0. The standard InChI is InChI=1S/C16H22O4/c1-3-6-13(15(17)18)11-8-5-9-12(10-11)14(7-4-2)16(19)20/h5,8-10,13-14H,3-4,6-7H2,1-2H3,(H,17,18)(H,19,20). The lowest BCUT2D eigenvalue weighted by Gasteiger charge is -2.16. The van der Waals surface area contributed by atoms with Crippen LogP contribution >= 0.6 is 0 Å². The fourth-order valence-corrected chi connectivity index (χ4v) is 2.44. The van der Waals surface area contributed by atoms with E-state index in [1.54, 1.807) is 24.3 Å². The molecule has 0 aliphatic rings. The Morgan fingerprint density at radius 2 is 1.35 bits per heavy atom. The Hall–Kier alpha value is -1.84. The Morgan fingerprint density at radius 3 is 1.65 bits per heavy atom. The van der Waals surface area contributed by atoms with Crippen molar-refractivity contribution in [3.05, 3.63) is 35.4 Å². The van der Waals surface area contributed by atoms with Crippen molar-refractivity contribution < 1.29 is 19.8 Å². The maximum Gasteiger partial charge on any atom is 0.310 e. The number of aliphatic carboxylic acids is 2. The Balaban J connectivity index is 3.10. The molecule has 20 heavy (non-hydrogen) atoms. The molecule has 0 saturated heterocycles. The van der Waals surface area contributed by atoms with E-state index in [1.165, 1.54) is 0 Å². The van der Waals surface area contributed by atoms with Crippen LogP contribution in [0.15, 0.2) is 24.3 Å². The second-order valence-electron chi connectivity index (χ2n) is 5.03. The minimum atomic E-state index is -0.855. The zero-order chi connectivity index (χ0) is 15.1. The van der Waals surface area contributed by atoms with Gasteiger partial charge in [0.15, 0.2) is 0 Å². The third-order valence-electron chi connectivity index (χ3n) is 3.47. The first-order chi connectivity index (χ1) is 9.51. The fourth-order valence-electron chi connectivity index (χ4n) is 2.44. The number of carbonyl (C=O) groups is 2. The molecule has 0 fully saturated rings. The molecule has 4 heteroatoms. The van der Waals surface area contributed by atoms with E-state index >= 15 is 0 Å². The van der Waals surface area contributed by atoms with Gasteiger partial charge < -0.3 is 10.2 Å². The van der Waals surface area contributed by atoms with Gasteiger partial charge in [0.2, 0.25) is 0 Å². The van der Waals surface area contributed by atoms with Crippen LogP contribution < -0.4 is 0 Å². The molecule has 2 N–H and O–H groups in total. The maximum atomic E-state index is 11.3. The van der Waals surface area contributed by atoms with Gasteiger partial charge >= 0.3 is 11.9 Å². The molecule has 2 atom stereocenters. The quantitative estimate of drug-likeness (QED) is 0.761. The SMILES string of the molecule is CCCC(C(=O)O)c1cccc(C(CCC)C(=O)O)c1. The smallest absolute Gasteiger partial charge is 0.310 e. The third kappa shape index (κ3) is 4.08. The van der Waals surface area contributed by atoms with Crippen LogP contribution in [0.4, 0.5) is 0 Å². The number of carboxylic acids is 2. The van der Waals surface area contributed by atoms with Crippen LogP contribution in [-0.4, -0.2) is 22.2 Å². The number of rotatable bonds is 8. The lowest BCUT2D eigenvalue weighted by Crippen LogP contribution is -2.14. The highest BCUT2D eigenvalue weighted by Crippen LogP contribution is 2.27. The minimum absolute atomic E-state index is 0.559. The summed E-state index contributed by atoms with van der Waals surface area (Å²) in [7, 11) is 0. The van der Waals surface area contributed by atoms with Gasteiger partial charge in [-0.05, 0) is 24.0 Å². The molecule has 4 nitrogen and oxygen atoms in total. The average Bonchev–Trinajstić information content (AvgIpc) is 2.41. The normalized spacial score (nSPS) is 13.7. The van der Waals surface area contributed by atoms with Gasteiger partial charge in [0.05, 0.1) is 11.8 Å². The summed E-state index contributed by atoms with van der Waals surface area (Å²) in [6, 6.07) is 7.02. The minimum Gasteiger partial charge on any atom is -0.481 e. The molecule has 0 aromatic heterocycles. The van der Waals surface area contributed by atoms with Crippen LogP contribution in [0.25, 0.3) is 0 Å². The van der Waals surface area contributed by atoms with E-state index in [1.807, 2.05) is 13.8 Å². The molecule has 1 aromatic rings. The van der Waals surface area contributed by atoms with Crippen molar-refractivity contribution in [1.82, 2.24) is 0 Å². The predicted molar refractivity (Wildman–Crippen MR) is 77.0 cm³/mol. The fraction of sp³-hybridized carbons (Fsp3) is 0.500. The molecular formula is C16H22O4. The Kier molecular flexibility index (Phi) is 6.22. The van der Waals surface area contributed by atoms with Gasteiger partial charge in [-0.25, -0.2) is 0 Å². The summed E-state index contributed by atoms with van der Waals surface area (Å²) in [6.45, 7) is 3.88. The van der Waals surface area contributed by atoms with Gasteiger partial charge in [0, 0.05) is 0 Å². The van der Waals surface area contributed by atoms with Gasteiger partial charge in [-0.1, -0.05) is 51.0 Å². The first kappa shape index (κ1) is 16.2. The summed E-state index contributed by atoms with van der Waals surface area (Å²) >= 11 is 0.